The molecule has 2 aromatic rings. The zero-order chi connectivity index (χ0) is 14.5. The number of nitrogens with one attached hydrogen (secondary N) is 2. The van der Waals surface area contributed by atoms with Gasteiger partial charge in [-0.25, -0.2) is 10.8 Å². The predicted octanol–water partition coefficient (Wildman–Crippen LogP) is 1.69. The topological polar surface area (TPSA) is 119 Å². The Labute approximate surface area is 119 Å². The summed E-state index contributed by atoms with van der Waals surface area (Å²) in [6.07, 6.45) is 0.767. The van der Waals surface area contributed by atoms with Gasteiger partial charge in [0.25, 0.3) is 0 Å². The molecular weight excluding hydrogens is 280 g/mol. The molecule has 0 aliphatic rings. The maximum Gasteiger partial charge on any atom is 0.332 e. The molecular formula is C11H14N6O2S. The number of thiophene rings is 1. The van der Waals surface area contributed by atoms with Crippen LogP contribution >= 0.6 is 11.3 Å². The summed E-state index contributed by atoms with van der Waals surface area (Å²) in [4.78, 5) is 19.7. The molecule has 20 heavy (non-hydrogen) atoms. The highest BCUT2D eigenvalue weighted by atomic mass is 32.1. The molecule has 0 aliphatic heterocycles. The van der Waals surface area contributed by atoms with Crippen LogP contribution in [0, 0.1) is 17.0 Å². The predicted molar refractivity (Wildman–Crippen MR) is 77.7 cm³/mol. The van der Waals surface area contributed by atoms with Crippen molar-refractivity contribution in [3.63, 3.8) is 0 Å². The highest BCUT2D eigenvalue weighted by Gasteiger charge is 2.21. The van der Waals surface area contributed by atoms with Gasteiger partial charge in [0.15, 0.2) is 0 Å². The number of hydrazine groups is 1. The van der Waals surface area contributed by atoms with E-state index < -0.39 is 4.92 Å². The van der Waals surface area contributed by atoms with Crippen LogP contribution in [0.3, 0.4) is 0 Å². The minimum Gasteiger partial charge on any atom is -0.364 e. The molecule has 0 atom stereocenters. The fourth-order valence-electron chi connectivity index (χ4n) is 1.73. The number of anilines is 2. The summed E-state index contributed by atoms with van der Waals surface area (Å²) in [7, 11) is 0. The quantitative estimate of drug-likeness (QED) is 0.421. The Balaban J connectivity index is 2.16. The largest absolute Gasteiger partial charge is 0.364 e. The average molecular weight is 294 g/mol. The monoisotopic (exact) mass is 294 g/mol. The maximum atomic E-state index is 11.1. The lowest BCUT2D eigenvalue weighted by Crippen LogP contribution is -2.15. The highest BCUT2D eigenvalue weighted by molar-refractivity contribution is 7.09. The van der Waals surface area contributed by atoms with Gasteiger partial charge < -0.3 is 5.32 Å². The molecule has 0 bridgehead atoms. The molecule has 8 nitrogen and oxygen atoms in total. The molecule has 0 aromatic carbocycles. The van der Waals surface area contributed by atoms with Gasteiger partial charge in [-0.1, -0.05) is 6.07 Å². The van der Waals surface area contributed by atoms with E-state index >= 15 is 0 Å². The number of hydrogen-bond donors (Lipinski definition) is 3. The van der Waals surface area contributed by atoms with Crippen molar-refractivity contribution >= 4 is 28.8 Å². The minimum absolute atomic E-state index is 0.129. The van der Waals surface area contributed by atoms with E-state index in [0.29, 0.717) is 6.54 Å². The summed E-state index contributed by atoms with van der Waals surface area (Å²) >= 11 is 1.64. The third-order valence-corrected chi connectivity index (χ3v) is 3.55. The fraction of sp³-hybridized carbons (Fsp3) is 0.273. The van der Waals surface area contributed by atoms with Crippen LogP contribution in [0.4, 0.5) is 17.5 Å². The van der Waals surface area contributed by atoms with Crippen LogP contribution in [0.1, 0.15) is 10.6 Å². The lowest BCUT2D eigenvalue weighted by molar-refractivity contribution is -0.385. The molecule has 4 N–H and O–H groups in total. The number of rotatable bonds is 6. The third kappa shape index (κ3) is 3.19. The van der Waals surface area contributed by atoms with Crippen molar-refractivity contribution < 1.29 is 4.92 Å². The molecule has 2 rings (SSSR count). The van der Waals surface area contributed by atoms with Crippen LogP contribution in [0.5, 0.6) is 0 Å². The summed E-state index contributed by atoms with van der Waals surface area (Å²) in [6, 6.07) is 3.98. The van der Waals surface area contributed by atoms with E-state index in [4.69, 9.17) is 5.84 Å². The number of nitrogens with zero attached hydrogens (tertiary/aromatic N) is 3. The Morgan fingerprint density at radius 1 is 1.50 bits per heavy atom. The number of aryl methyl sites for hydroxylation is 1. The first-order valence-electron chi connectivity index (χ1n) is 5.87. The van der Waals surface area contributed by atoms with Gasteiger partial charge in [0.1, 0.15) is 5.69 Å². The number of nitrogen functional groups attached to an aromatic ring is 1. The molecule has 0 saturated heterocycles. The van der Waals surface area contributed by atoms with Crippen molar-refractivity contribution in [3.8, 4) is 0 Å². The molecule has 106 valence electrons. The smallest absolute Gasteiger partial charge is 0.332 e. The van der Waals surface area contributed by atoms with E-state index in [1.807, 2.05) is 17.5 Å². The van der Waals surface area contributed by atoms with E-state index in [-0.39, 0.29) is 23.1 Å². The van der Waals surface area contributed by atoms with Crippen molar-refractivity contribution in [1.29, 1.82) is 0 Å². The second kappa shape index (κ2) is 6.26. The molecule has 0 fully saturated rings. The van der Waals surface area contributed by atoms with Crippen LogP contribution in [-0.2, 0) is 6.42 Å². The van der Waals surface area contributed by atoms with Gasteiger partial charge in [0, 0.05) is 11.4 Å². The Morgan fingerprint density at radius 2 is 2.30 bits per heavy atom. The molecule has 0 saturated carbocycles. The molecule has 2 heterocycles. The van der Waals surface area contributed by atoms with Crippen LogP contribution in [0.15, 0.2) is 17.5 Å². The third-order valence-electron chi connectivity index (χ3n) is 2.61. The normalized spacial score (nSPS) is 10.3. The molecule has 0 radical (unpaired) electrons. The lowest BCUT2D eigenvalue weighted by Gasteiger charge is -2.08. The lowest BCUT2D eigenvalue weighted by atomic mass is 10.3. The summed E-state index contributed by atoms with van der Waals surface area (Å²) in [5, 5.41) is 16.0. The van der Waals surface area contributed by atoms with Gasteiger partial charge >= 0.3 is 5.69 Å². The Bertz CT molecular complexity index is 601. The van der Waals surface area contributed by atoms with Crippen molar-refractivity contribution in [2.24, 2.45) is 5.84 Å². The SMILES string of the molecule is Cc1nc(NN)nc(NCCc2cccs2)c1[N+](=O)[O-]. The Morgan fingerprint density at radius 3 is 2.90 bits per heavy atom. The van der Waals surface area contributed by atoms with Gasteiger partial charge in [-0.05, 0) is 24.8 Å². The van der Waals surface area contributed by atoms with E-state index in [2.05, 4.69) is 20.7 Å². The number of aromatic nitrogens is 2. The molecule has 2 aromatic heterocycles. The van der Waals surface area contributed by atoms with Crippen molar-refractivity contribution in [3.05, 3.63) is 38.2 Å². The number of nitrogens with two attached hydrogens (primary N) is 1. The Hall–Kier alpha value is -2.26. The molecule has 9 heteroatoms. The van der Waals surface area contributed by atoms with Gasteiger partial charge in [-0.15, -0.1) is 11.3 Å². The second-order valence-corrected chi connectivity index (χ2v) is 5.02. The van der Waals surface area contributed by atoms with Gasteiger partial charge in [-0.3, -0.25) is 15.5 Å². The summed E-state index contributed by atoms with van der Waals surface area (Å²) in [5.41, 5.74) is 2.43. The second-order valence-electron chi connectivity index (χ2n) is 3.99. The van der Waals surface area contributed by atoms with Crippen LogP contribution in [0.25, 0.3) is 0 Å². The number of hydrogen-bond acceptors (Lipinski definition) is 8. The average Bonchev–Trinajstić information content (AvgIpc) is 2.90. The van der Waals surface area contributed by atoms with Gasteiger partial charge in [-0.2, -0.15) is 4.98 Å². The maximum absolute atomic E-state index is 11.1. The van der Waals surface area contributed by atoms with E-state index in [0.717, 1.165) is 6.42 Å². The Kier molecular flexibility index (Phi) is 4.43. The minimum atomic E-state index is -0.497. The van der Waals surface area contributed by atoms with E-state index in [9.17, 15) is 10.1 Å². The summed E-state index contributed by atoms with van der Waals surface area (Å²) in [5.74, 6) is 5.57. The molecule has 0 aliphatic carbocycles. The first-order valence-corrected chi connectivity index (χ1v) is 6.75. The zero-order valence-electron chi connectivity index (χ0n) is 10.8. The van der Waals surface area contributed by atoms with Crippen molar-refractivity contribution in [2.45, 2.75) is 13.3 Å². The number of nitro groups is 1. The van der Waals surface area contributed by atoms with E-state index in [1.54, 1.807) is 18.3 Å². The first-order chi connectivity index (χ1) is 9.61. The zero-order valence-corrected chi connectivity index (χ0v) is 11.6. The summed E-state index contributed by atoms with van der Waals surface area (Å²) < 4.78 is 0. The first kappa shape index (κ1) is 14.2. The molecule has 0 amide bonds. The van der Waals surface area contributed by atoms with Crippen molar-refractivity contribution in [1.82, 2.24) is 9.97 Å². The van der Waals surface area contributed by atoms with Gasteiger partial charge in [0.05, 0.1) is 4.92 Å². The fourth-order valence-corrected chi connectivity index (χ4v) is 2.44. The van der Waals surface area contributed by atoms with Gasteiger partial charge in [0.2, 0.25) is 11.8 Å². The summed E-state index contributed by atoms with van der Waals surface area (Å²) in [6.45, 7) is 2.09. The van der Waals surface area contributed by atoms with Crippen LogP contribution in [-0.4, -0.2) is 21.4 Å². The standard InChI is InChI=1S/C11H14N6O2S/c1-7-9(17(18)19)10(15-11(14-7)16-12)13-5-4-8-3-2-6-20-8/h2-3,6H,4-5,12H2,1H3,(H2,13,14,15,16). The highest BCUT2D eigenvalue weighted by Crippen LogP contribution is 2.26. The molecule has 0 unspecified atom stereocenters. The van der Waals surface area contributed by atoms with Crippen LogP contribution in [0.2, 0.25) is 0 Å². The van der Waals surface area contributed by atoms with Crippen LogP contribution < -0.4 is 16.6 Å². The van der Waals surface area contributed by atoms with E-state index in [1.165, 1.54) is 4.88 Å². The van der Waals surface area contributed by atoms with Crippen molar-refractivity contribution in [2.75, 3.05) is 17.3 Å². The molecule has 0 spiro atoms.